The van der Waals surface area contributed by atoms with E-state index < -0.39 is 41.3 Å². The van der Waals surface area contributed by atoms with Crippen molar-refractivity contribution in [3.8, 4) is 5.75 Å². The Morgan fingerprint density at radius 2 is 1.97 bits per heavy atom. The number of anilines is 1. The molecule has 4 atom stereocenters. The number of esters is 1. The zero-order chi connectivity index (χ0) is 21.9. The Morgan fingerprint density at radius 3 is 2.68 bits per heavy atom. The molecule has 3 amide bonds. The van der Waals surface area contributed by atoms with Crippen molar-refractivity contribution in [2.75, 3.05) is 18.1 Å². The van der Waals surface area contributed by atoms with Crippen molar-refractivity contribution >= 4 is 39.5 Å². The predicted octanol–water partition coefficient (Wildman–Crippen LogP) is 3.92. The van der Waals surface area contributed by atoms with E-state index in [0.717, 1.165) is 10.0 Å². The first kappa shape index (κ1) is 20.1. The van der Waals surface area contributed by atoms with Crippen LogP contribution in [0.1, 0.15) is 25.5 Å². The fourth-order valence-corrected chi connectivity index (χ4v) is 5.65. The Kier molecular flexibility index (Phi) is 4.58. The van der Waals surface area contributed by atoms with Gasteiger partial charge in [0, 0.05) is 16.0 Å². The van der Waals surface area contributed by atoms with Gasteiger partial charge in [0.15, 0.2) is 0 Å². The lowest BCUT2D eigenvalue weighted by atomic mass is 9.77. The molecule has 0 aromatic heterocycles. The number of halogens is 1. The summed E-state index contributed by atoms with van der Waals surface area (Å²) >= 11 is 3.49. The van der Waals surface area contributed by atoms with E-state index in [1.165, 1.54) is 4.90 Å². The van der Waals surface area contributed by atoms with Gasteiger partial charge in [-0.25, -0.2) is 9.69 Å². The molecule has 5 rings (SSSR count). The third-order valence-electron chi connectivity index (χ3n) is 6.53. The van der Waals surface area contributed by atoms with E-state index in [2.05, 4.69) is 15.9 Å². The van der Waals surface area contributed by atoms with Gasteiger partial charge in [-0.05, 0) is 44.2 Å². The Labute approximate surface area is 188 Å². The van der Waals surface area contributed by atoms with Crippen LogP contribution in [-0.2, 0) is 14.3 Å². The summed E-state index contributed by atoms with van der Waals surface area (Å²) in [5, 5.41) is 0. The molecule has 0 radical (unpaired) electrons. The summed E-state index contributed by atoms with van der Waals surface area (Å²) in [7, 11) is 0. The highest BCUT2D eigenvalue weighted by molar-refractivity contribution is 9.10. The van der Waals surface area contributed by atoms with Gasteiger partial charge in [-0.15, -0.1) is 0 Å². The number of ether oxygens (including phenoxy) is 2. The molecule has 8 heteroatoms. The van der Waals surface area contributed by atoms with Gasteiger partial charge >= 0.3 is 12.0 Å². The molecular weight excluding hydrogens is 464 g/mol. The first-order valence-electron chi connectivity index (χ1n) is 10.2. The first-order valence-corrected chi connectivity index (χ1v) is 11.0. The smallest absolute Gasteiger partial charge is 0.332 e. The number of carbonyl (C=O) groups excluding carboxylic acids is 3. The quantitative estimate of drug-likeness (QED) is 0.487. The van der Waals surface area contributed by atoms with Gasteiger partial charge in [0.2, 0.25) is 0 Å². The first-order chi connectivity index (χ1) is 14.9. The molecule has 2 fully saturated rings. The second-order valence-electron chi connectivity index (χ2n) is 8.11. The van der Waals surface area contributed by atoms with Crippen LogP contribution < -0.4 is 9.64 Å². The van der Waals surface area contributed by atoms with E-state index >= 15 is 0 Å². The number of carbonyl (C=O) groups is 3. The summed E-state index contributed by atoms with van der Waals surface area (Å²) in [6.45, 7) is 3.82. The summed E-state index contributed by atoms with van der Waals surface area (Å²) in [5.74, 6) is -1.49. The van der Waals surface area contributed by atoms with Crippen molar-refractivity contribution in [2.45, 2.75) is 25.4 Å². The number of benzene rings is 2. The lowest BCUT2D eigenvalue weighted by molar-refractivity contribution is -0.154. The van der Waals surface area contributed by atoms with Gasteiger partial charge in [0.25, 0.3) is 5.91 Å². The SMILES string of the molecule is CCOC(=O)[C@H]1[C@H]2COc3ccc(Br)cc3[C@@H]2N2C(=O)N(c3ccccc3)C(=O)[C@@]12C. The lowest BCUT2D eigenvalue weighted by Gasteiger charge is -2.34. The third-order valence-corrected chi connectivity index (χ3v) is 7.02. The average molecular weight is 485 g/mol. The Hall–Kier alpha value is -2.87. The van der Waals surface area contributed by atoms with Crippen LogP contribution in [0.25, 0.3) is 0 Å². The van der Waals surface area contributed by atoms with Crippen molar-refractivity contribution in [1.82, 2.24) is 4.90 Å². The molecule has 7 nitrogen and oxygen atoms in total. The highest BCUT2D eigenvalue weighted by Crippen LogP contribution is 2.58. The molecule has 0 N–H and O–H groups in total. The molecule has 2 aromatic carbocycles. The number of nitrogens with zero attached hydrogens (tertiary/aromatic N) is 2. The summed E-state index contributed by atoms with van der Waals surface area (Å²) < 4.78 is 12.2. The Bertz CT molecular complexity index is 1090. The number of imide groups is 1. The highest BCUT2D eigenvalue weighted by atomic mass is 79.9. The molecule has 31 heavy (non-hydrogen) atoms. The van der Waals surface area contributed by atoms with Gasteiger partial charge in [-0.1, -0.05) is 34.1 Å². The van der Waals surface area contributed by atoms with Crippen molar-refractivity contribution in [3.63, 3.8) is 0 Å². The molecule has 0 spiro atoms. The van der Waals surface area contributed by atoms with Crippen LogP contribution in [0, 0.1) is 11.8 Å². The number of amides is 3. The molecule has 3 aliphatic rings. The minimum Gasteiger partial charge on any atom is -0.493 e. The molecule has 3 aliphatic heterocycles. The van der Waals surface area contributed by atoms with Crippen LogP contribution in [0.2, 0.25) is 0 Å². The molecular formula is C23H21BrN2O5. The predicted molar refractivity (Wildman–Crippen MR) is 116 cm³/mol. The summed E-state index contributed by atoms with van der Waals surface area (Å²) in [6, 6.07) is 13.5. The maximum absolute atomic E-state index is 13.8. The summed E-state index contributed by atoms with van der Waals surface area (Å²) in [5.41, 5.74) is -0.115. The number of fused-ring (bicyclic) bond motifs is 5. The minimum absolute atomic E-state index is 0.191. The average Bonchev–Trinajstić information content (AvgIpc) is 3.14. The second kappa shape index (κ2) is 7.09. The molecule has 2 saturated heterocycles. The number of hydrogen-bond donors (Lipinski definition) is 0. The number of para-hydroxylation sites is 1. The molecule has 160 valence electrons. The van der Waals surface area contributed by atoms with Crippen LogP contribution in [0.4, 0.5) is 10.5 Å². The van der Waals surface area contributed by atoms with E-state index in [9.17, 15) is 14.4 Å². The summed E-state index contributed by atoms with van der Waals surface area (Å²) in [4.78, 5) is 43.3. The third kappa shape index (κ3) is 2.67. The van der Waals surface area contributed by atoms with Crippen molar-refractivity contribution < 1.29 is 23.9 Å². The zero-order valence-electron chi connectivity index (χ0n) is 17.1. The van der Waals surface area contributed by atoms with E-state index in [1.54, 1.807) is 43.0 Å². The van der Waals surface area contributed by atoms with Crippen LogP contribution in [0.5, 0.6) is 5.75 Å². The maximum atomic E-state index is 13.8. The van der Waals surface area contributed by atoms with E-state index in [4.69, 9.17) is 9.47 Å². The van der Waals surface area contributed by atoms with Gasteiger partial charge < -0.3 is 14.4 Å². The van der Waals surface area contributed by atoms with E-state index in [-0.39, 0.29) is 13.2 Å². The highest BCUT2D eigenvalue weighted by Gasteiger charge is 2.72. The number of rotatable bonds is 3. The molecule has 0 aliphatic carbocycles. The van der Waals surface area contributed by atoms with Gasteiger partial charge in [-0.2, -0.15) is 0 Å². The van der Waals surface area contributed by atoms with Gasteiger partial charge in [-0.3, -0.25) is 9.59 Å². The number of urea groups is 1. The second-order valence-corrected chi connectivity index (χ2v) is 9.02. The topological polar surface area (TPSA) is 76.2 Å². The van der Waals surface area contributed by atoms with Crippen molar-refractivity contribution in [1.29, 1.82) is 0 Å². The van der Waals surface area contributed by atoms with Crippen LogP contribution in [0.15, 0.2) is 53.0 Å². The standard InChI is InChI=1S/C23H21BrN2O5/c1-3-30-20(27)18-16-12-31-17-10-9-13(24)11-15(17)19(16)26-22(29)25(21(28)23(18,26)2)14-7-5-4-6-8-14/h4-11,16,18-19H,3,12H2,1-2H3/t16-,18-,19+,23-/m1/s1. The monoisotopic (exact) mass is 484 g/mol. The lowest BCUT2D eigenvalue weighted by Crippen LogP contribution is -2.51. The van der Waals surface area contributed by atoms with Gasteiger partial charge in [0.05, 0.1) is 30.9 Å². The van der Waals surface area contributed by atoms with Crippen molar-refractivity contribution in [3.05, 3.63) is 58.6 Å². The normalized spacial score (nSPS) is 28.7. The molecule has 0 saturated carbocycles. The number of hydrogen-bond acceptors (Lipinski definition) is 5. The minimum atomic E-state index is -1.37. The zero-order valence-corrected chi connectivity index (χ0v) is 18.7. The largest absolute Gasteiger partial charge is 0.493 e. The molecule has 2 aromatic rings. The Balaban J connectivity index is 1.70. The fraction of sp³-hybridized carbons (Fsp3) is 0.348. The van der Waals surface area contributed by atoms with Crippen LogP contribution in [-0.4, -0.2) is 41.6 Å². The maximum Gasteiger partial charge on any atom is 0.332 e. The molecule has 3 heterocycles. The summed E-state index contributed by atoms with van der Waals surface area (Å²) in [6.07, 6.45) is 0. The molecule has 0 bridgehead atoms. The van der Waals surface area contributed by atoms with E-state index in [1.807, 2.05) is 24.3 Å². The fourth-order valence-electron chi connectivity index (χ4n) is 5.27. The Morgan fingerprint density at radius 1 is 1.23 bits per heavy atom. The van der Waals surface area contributed by atoms with Crippen LogP contribution >= 0.6 is 15.9 Å². The van der Waals surface area contributed by atoms with Gasteiger partial charge in [0.1, 0.15) is 11.3 Å². The van der Waals surface area contributed by atoms with Crippen LogP contribution in [0.3, 0.4) is 0 Å². The van der Waals surface area contributed by atoms with Crippen molar-refractivity contribution in [2.24, 2.45) is 11.8 Å². The van der Waals surface area contributed by atoms with E-state index in [0.29, 0.717) is 11.4 Å². The molecule has 0 unspecified atom stereocenters.